The molecule has 39 heavy (non-hydrogen) atoms. The maximum absolute atomic E-state index is 14.3. The lowest BCUT2D eigenvalue weighted by molar-refractivity contribution is -0.0377. The fourth-order valence-electron chi connectivity index (χ4n) is 4.74. The SMILES string of the molecule is C[C@H](Nc1cc(Cl)nc2c1cnn2[C@@H]1C[C@H](C(O)COP(=O)(O)CP(=O)(O)O)[C@@H](O)[C@H]1O)c1ccccc1F. The van der Waals surface area contributed by atoms with E-state index >= 15 is 0 Å². The number of hydrogen-bond acceptors (Lipinski definition) is 9. The van der Waals surface area contributed by atoms with Crippen LogP contribution in [0.5, 0.6) is 0 Å². The zero-order valence-electron chi connectivity index (χ0n) is 20.4. The molecule has 1 aliphatic rings. The van der Waals surface area contributed by atoms with Crippen molar-refractivity contribution in [2.75, 3.05) is 17.8 Å². The maximum atomic E-state index is 14.3. The van der Waals surface area contributed by atoms with E-state index in [2.05, 4.69) is 19.9 Å². The number of rotatable bonds is 10. The van der Waals surface area contributed by atoms with Gasteiger partial charge in [0, 0.05) is 11.5 Å². The minimum atomic E-state index is -4.86. The molecule has 0 aliphatic heterocycles. The van der Waals surface area contributed by atoms with E-state index < -0.39 is 64.0 Å². The van der Waals surface area contributed by atoms with Gasteiger partial charge in [-0.15, -0.1) is 0 Å². The molecular weight excluding hydrogens is 581 g/mol. The third-order valence-corrected chi connectivity index (χ3v) is 10.2. The van der Waals surface area contributed by atoms with E-state index in [0.29, 0.717) is 16.6 Å². The van der Waals surface area contributed by atoms with Crippen molar-refractivity contribution in [3.8, 4) is 0 Å². The number of aliphatic hydroxyl groups is 3. The number of nitrogens with zero attached hydrogens (tertiary/aromatic N) is 3. The molecule has 0 saturated heterocycles. The van der Waals surface area contributed by atoms with Crippen LogP contribution in [-0.2, 0) is 13.7 Å². The third kappa shape index (κ3) is 6.86. The van der Waals surface area contributed by atoms with Crippen LogP contribution in [0.2, 0.25) is 5.15 Å². The minimum absolute atomic E-state index is 0.0551. The second kappa shape index (κ2) is 11.5. The van der Waals surface area contributed by atoms with Crippen LogP contribution in [0, 0.1) is 11.7 Å². The Kier molecular flexibility index (Phi) is 8.85. The molecule has 1 fully saturated rings. The largest absolute Gasteiger partial charge is 0.390 e. The van der Waals surface area contributed by atoms with Gasteiger partial charge < -0.3 is 39.8 Å². The third-order valence-electron chi connectivity index (χ3n) is 6.59. The summed E-state index contributed by atoms with van der Waals surface area (Å²) in [5.74, 6) is -2.86. The molecule has 0 amide bonds. The van der Waals surface area contributed by atoms with Crippen LogP contribution >= 0.6 is 26.8 Å². The average Bonchev–Trinajstić information content (AvgIpc) is 3.37. The topological polar surface area (TPSA) is 207 Å². The van der Waals surface area contributed by atoms with E-state index in [9.17, 15) is 33.7 Å². The lowest BCUT2D eigenvalue weighted by Gasteiger charge is -2.23. The monoisotopic (exact) mass is 608 g/mol. The first-order chi connectivity index (χ1) is 18.2. The molecule has 2 heterocycles. The zero-order chi connectivity index (χ0) is 28.7. The summed E-state index contributed by atoms with van der Waals surface area (Å²) in [7, 11) is -9.59. The van der Waals surface area contributed by atoms with Gasteiger partial charge in [-0.3, -0.25) is 9.13 Å². The van der Waals surface area contributed by atoms with Crippen molar-refractivity contribution in [3.63, 3.8) is 0 Å². The van der Waals surface area contributed by atoms with Gasteiger partial charge in [-0.05, 0) is 25.5 Å². The molecule has 0 spiro atoms. The summed E-state index contributed by atoms with van der Waals surface area (Å²) in [6.45, 7) is 0.945. The Balaban J connectivity index is 1.54. The molecular formula is C22H28ClFN4O9P2. The Morgan fingerprint density at radius 1 is 1.23 bits per heavy atom. The minimum Gasteiger partial charge on any atom is -0.390 e. The second-order valence-electron chi connectivity index (χ2n) is 9.46. The highest BCUT2D eigenvalue weighted by atomic mass is 35.5. The first-order valence-corrected chi connectivity index (χ1v) is 15.7. The normalized spacial score (nSPS) is 24.9. The quantitative estimate of drug-likeness (QED) is 0.131. The Morgan fingerprint density at radius 3 is 2.59 bits per heavy atom. The van der Waals surface area contributed by atoms with Crippen molar-refractivity contribution in [1.82, 2.24) is 14.8 Å². The molecule has 4 rings (SSSR count). The van der Waals surface area contributed by atoms with Crippen molar-refractivity contribution < 1.29 is 48.0 Å². The van der Waals surface area contributed by atoms with Gasteiger partial charge in [0.05, 0.1) is 48.2 Å². The summed E-state index contributed by atoms with van der Waals surface area (Å²) in [5, 5.41) is 40.0. The fourth-order valence-corrected chi connectivity index (χ4v) is 7.51. The van der Waals surface area contributed by atoms with Gasteiger partial charge in [0.1, 0.15) is 17.1 Å². The van der Waals surface area contributed by atoms with Gasteiger partial charge in [-0.25, -0.2) is 14.1 Å². The Hall–Kier alpha value is -1.96. The number of pyridine rings is 1. The molecule has 0 radical (unpaired) electrons. The number of anilines is 1. The van der Waals surface area contributed by atoms with Crippen LogP contribution in [-0.4, -0.2) is 75.6 Å². The predicted octanol–water partition coefficient (Wildman–Crippen LogP) is 2.38. The molecule has 7 N–H and O–H groups in total. The molecule has 7 atom stereocenters. The molecule has 13 nitrogen and oxygen atoms in total. The van der Waals surface area contributed by atoms with Crippen LogP contribution in [0.15, 0.2) is 36.5 Å². The van der Waals surface area contributed by atoms with Gasteiger partial charge in [0.25, 0.3) is 0 Å². The van der Waals surface area contributed by atoms with Crippen molar-refractivity contribution >= 4 is 43.5 Å². The van der Waals surface area contributed by atoms with E-state index in [-0.39, 0.29) is 23.0 Å². The maximum Gasteiger partial charge on any atom is 0.340 e. The van der Waals surface area contributed by atoms with Crippen LogP contribution in [0.4, 0.5) is 10.1 Å². The summed E-state index contributed by atoms with van der Waals surface area (Å²) >= 11 is 6.25. The summed E-state index contributed by atoms with van der Waals surface area (Å²) in [6, 6.07) is 6.48. The second-order valence-corrected chi connectivity index (χ2v) is 13.8. The van der Waals surface area contributed by atoms with Crippen molar-refractivity contribution in [2.24, 2.45) is 5.92 Å². The van der Waals surface area contributed by atoms with Gasteiger partial charge in [0.2, 0.25) is 0 Å². The highest BCUT2D eigenvalue weighted by Crippen LogP contribution is 2.55. The number of hydrogen-bond donors (Lipinski definition) is 7. The van der Waals surface area contributed by atoms with Gasteiger partial charge in [-0.1, -0.05) is 29.8 Å². The summed E-state index contributed by atoms with van der Waals surface area (Å²) < 4.78 is 43.2. The number of fused-ring (bicyclic) bond motifs is 1. The first kappa shape index (κ1) is 30.0. The summed E-state index contributed by atoms with van der Waals surface area (Å²) in [6.07, 6.45) is -3.08. The zero-order valence-corrected chi connectivity index (χ0v) is 23.0. The first-order valence-electron chi connectivity index (χ1n) is 11.8. The molecule has 2 unspecified atom stereocenters. The van der Waals surface area contributed by atoms with E-state index in [1.165, 1.54) is 16.9 Å². The van der Waals surface area contributed by atoms with Crippen molar-refractivity contribution in [3.05, 3.63) is 53.1 Å². The van der Waals surface area contributed by atoms with E-state index in [4.69, 9.17) is 21.4 Å². The molecule has 1 aromatic carbocycles. The van der Waals surface area contributed by atoms with Crippen LogP contribution < -0.4 is 5.32 Å². The Morgan fingerprint density at radius 2 is 1.92 bits per heavy atom. The number of aromatic nitrogens is 3. The van der Waals surface area contributed by atoms with E-state index in [1.807, 2.05) is 0 Å². The lowest BCUT2D eigenvalue weighted by Crippen LogP contribution is -2.36. The molecule has 2 aromatic heterocycles. The number of aliphatic hydroxyl groups excluding tert-OH is 3. The number of halogens is 2. The van der Waals surface area contributed by atoms with E-state index in [0.717, 1.165) is 0 Å². The van der Waals surface area contributed by atoms with Gasteiger partial charge >= 0.3 is 15.2 Å². The van der Waals surface area contributed by atoms with Crippen LogP contribution in [0.1, 0.15) is 31.0 Å². The van der Waals surface area contributed by atoms with Crippen LogP contribution in [0.3, 0.4) is 0 Å². The average molecular weight is 609 g/mol. The summed E-state index contributed by atoms with van der Waals surface area (Å²) in [4.78, 5) is 31.8. The highest BCUT2D eigenvalue weighted by Gasteiger charge is 2.47. The predicted molar refractivity (Wildman–Crippen MR) is 139 cm³/mol. The Labute approximate surface area is 226 Å². The molecule has 1 saturated carbocycles. The smallest absolute Gasteiger partial charge is 0.340 e. The molecule has 0 bridgehead atoms. The number of benzene rings is 1. The Bertz CT molecular complexity index is 1440. The van der Waals surface area contributed by atoms with Gasteiger partial charge in [-0.2, -0.15) is 5.10 Å². The summed E-state index contributed by atoms with van der Waals surface area (Å²) in [5.41, 5.74) is 1.16. The lowest BCUT2D eigenvalue weighted by atomic mass is 9.99. The number of nitrogens with one attached hydrogen (secondary N) is 1. The van der Waals surface area contributed by atoms with Crippen molar-refractivity contribution in [1.29, 1.82) is 0 Å². The molecule has 3 aromatic rings. The highest BCUT2D eigenvalue weighted by molar-refractivity contribution is 7.70. The van der Waals surface area contributed by atoms with E-state index in [1.54, 1.807) is 31.2 Å². The molecule has 214 valence electrons. The van der Waals surface area contributed by atoms with Gasteiger partial charge in [0.15, 0.2) is 11.6 Å². The van der Waals surface area contributed by atoms with Crippen molar-refractivity contribution in [2.45, 2.75) is 43.7 Å². The molecule has 1 aliphatic carbocycles. The van der Waals surface area contributed by atoms with Crippen LogP contribution in [0.25, 0.3) is 11.0 Å². The fraction of sp³-hybridized carbons (Fsp3) is 0.455. The standard InChI is InChI=1S/C22H28ClFN4O9P2/c1-11(12-4-2-3-5-15(12)24)26-16-7-19(23)27-22-14(16)8-25-28(22)17-6-13(20(30)21(17)31)18(29)9-37-39(35,36)10-38(32,33)34/h2-5,7-8,11,13,17-18,20-21,29-31H,6,9-10H2,1H3,(H,26,27)(H,35,36)(H2,32,33,34)/t11-,13+,17+,18?,20+,21-/m0/s1. The molecule has 17 heteroatoms.